The van der Waals surface area contributed by atoms with Crippen LogP contribution in [-0.2, 0) is 6.54 Å². The quantitative estimate of drug-likeness (QED) is 0.782. The van der Waals surface area contributed by atoms with E-state index in [0.29, 0.717) is 0 Å². The van der Waals surface area contributed by atoms with Crippen LogP contribution in [0.5, 0.6) is 0 Å². The van der Waals surface area contributed by atoms with E-state index >= 15 is 0 Å². The van der Waals surface area contributed by atoms with Crippen LogP contribution in [0.15, 0.2) is 53.8 Å². The summed E-state index contributed by atoms with van der Waals surface area (Å²) in [4.78, 5) is 8.31. The Morgan fingerprint density at radius 2 is 1.94 bits per heavy atom. The first-order chi connectivity index (χ1) is 7.40. The van der Waals surface area contributed by atoms with E-state index in [0.717, 1.165) is 12.2 Å². The number of nitrogens with zero attached hydrogens (tertiary/aromatic N) is 3. The molecule has 0 aliphatic heterocycles. The van der Waals surface area contributed by atoms with E-state index in [1.807, 2.05) is 35.0 Å². The number of benzene rings is 1. The predicted octanol–water partition coefficient (Wildman–Crippen LogP) is 1.88. The lowest BCUT2D eigenvalue weighted by atomic mass is 10.2. The van der Waals surface area contributed by atoms with Crippen LogP contribution in [0.4, 0.5) is 0 Å². The van der Waals surface area contributed by atoms with E-state index in [4.69, 9.17) is 0 Å². The van der Waals surface area contributed by atoms with Gasteiger partial charge in [0.15, 0.2) is 0 Å². The van der Waals surface area contributed by atoms with E-state index in [9.17, 15) is 0 Å². The standard InChI is InChI=1S/C12H13N3.ClH/c1-13-12-14-8-5-9-15(12)10-11-6-3-2-4-7-11;/h2-9H,10H2,1H3;1H. The van der Waals surface area contributed by atoms with Crippen LogP contribution < -0.4 is 5.62 Å². The number of halogens is 1. The molecule has 0 atom stereocenters. The second-order valence-electron chi connectivity index (χ2n) is 3.26. The molecule has 4 heteroatoms. The highest BCUT2D eigenvalue weighted by molar-refractivity contribution is 5.85. The summed E-state index contributed by atoms with van der Waals surface area (Å²) in [6.45, 7) is 0.807. The van der Waals surface area contributed by atoms with Gasteiger partial charge in [0.2, 0.25) is 5.62 Å². The molecule has 0 aliphatic carbocycles. The second-order valence-corrected chi connectivity index (χ2v) is 3.26. The van der Waals surface area contributed by atoms with Crippen molar-refractivity contribution in [3.63, 3.8) is 0 Å². The minimum absolute atomic E-state index is 0. The topological polar surface area (TPSA) is 30.2 Å². The summed E-state index contributed by atoms with van der Waals surface area (Å²) >= 11 is 0. The maximum Gasteiger partial charge on any atom is 0.224 e. The largest absolute Gasteiger partial charge is 0.313 e. The van der Waals surface area contributed by atoms with Crippen molar-refractivity contribution in [1.82, 2.24) is 9.55 Å². The SMILES string of the molecule is CN=c1ncccn1Cc1ccccc1.Cl. The number of rotatable bonds is 2. The molecule has 1 heterocycles. The molecule has 0 N–H and O–H groups in total. The third kappa shape index (κ3) is 2.94. The molecule has 0 saturated carbocycles. The molecule has 0 amide bonds. The highest BCUT2D eigenvalue weighted by atomic mass is 35.5. The van der Waals surface area contributed by atoms with Crippen LogP contribution >= 0.6 is 12.4 Å². The Kier molecular flexibility index (Phi) is 4.73. The summed E-state index contributed by atoms with van der Waals surface area (Å²) in [6, 6.07) is 12.2. The van der Waals surface area contributed by atoms with E-state index in [2.05, 4.69) is 22.1 Å². The molecule has 0 unspecified atom stereocenters. The summed E-state index contributed by atoms with van der Waals surface area (Å²) < 4.78 is 2.02. The summed E-state index contributed by atoms with van der Waals surface area (Å²) in [5.41, 5.74) is 2.00. The van der Waals surface area contributed by atoms with Gasteiger partial charge in [0.1, 0.15) is 0 Å². The molecule has 0 spiro atoms. The Hall–Kier alpha value is -1.61. The van der Waals surface area contributed by atoms with Crippen LogP contribution in [0.3, 0.4) is 0 Å². The lowest BCUT2D eigenvalue weighted by Gasteiger charge is -2.05. The van der Waals surface area contributed by atoms with Crippen LogP contribution in [0.1, 0.15) is 5.56 Å². The van der Waals surface area contributed by atoms with Gasteiger partial charge in [0, 0.05) is 19.4 Å². The monoisotopic (exact) mass is 235 g/mol. The first kappa shape index (κ1) is 12.5. The van der Waals surface area contributed by atoms with Crippen molar-refractivity contribution in [3.05, 3.63) is 60.0 Å². The van der Waals surface area contributed by atoms with Gasteiger partial charge in [-0.2, -0.15) is 0 Å². The minimum Gasteiger partial charge on any atom is -0.313 e. The van der Waals surface area contributed by atoms with E-state index < -0.39 is 0 Å². The fourth-order valence-electron chi connectivity index (χ4n) is 1.48. The van der Waals surface area contributed by atoms with Crippen LogP contribution in [0.2, 0.25) is 0 Å². The molecule has 0 bridgehead atoms. The number of hydrogen-bond donors (Lipinski definition) is 0. The highest BCUT2D eigenvalue weighted by Crippen LogP contribution is 1.99. The maximum absolute atomic E-state index is 4.19. The molecule has 2 rings (SSSR count). The molecule has 0 aliphatic rings. The minimum atomic E-state index is 0. The van der Waals surface area contributed by atoms with E-state index in [-0.39, 0.29) is 12.4 Å². The summed E-state index contributed by atoms with van der Waals surface area (Å²) in [7, 11) is 1.75. The summed E-state index contributed by atoms with van der Waals surface area (Å²) in [6.07, 6.45) is 3.74. The molecule has 1 aromatic carbocycles. The zero-order chi connectivity index (χ0) is 10.5. The van der Waals surface area contributed by atoms with Gasteiger partial charge in [-0.05, 0) is 11.6 Å². The van der Waals surface area contributed by atoms with E-state index in [1.54, 1.807) is 13.2 Å². The molecular weight excluding hydrogens is 222 g/mol. The summed E-state index contributed by atoms with van der Waals surface area (Å²) in [5.74, 6) is 0. The van der Waals surface area contributed by atoms with Gasteiger partial charge in [-0.3, -0.25) is 4.99 Å². The van der Waals surface area contributed by atoms with Gasteiger partial charge < -0.3 is 4.57 Å². The number of aromatic nitrogens is 2. The molecule has 0 fully saturated rings. The maximum atomic E-state index is 4.19. The van der Waals surface area contributed by atoms with Crippen LogP contribution in [-0.4, -0.2) is 16.6 Å². The predicted molar refractivity (Wildman–Crippen MR) is 66.5 cm³/mol. The Balaban J connectivity index is 0.00000128. The van der Waals surface area contributed by atoms with Crippen LogP contribution in [0, 0.1) is 0 Å². The normalized spacial score (nSPS) is 10.9. The van der Waals surface area contributed by atoms with Gasteiger partial charge in [0.05, 0.1) is 6.54 Å². The molecule has 0 radical (unpaired) electrons. The molecule has 16 heavy (non-hydrogen) atoms. The Morgan fingerprint density at radius 1 is 1.19 bits per heavy atom. The van der Waals surface area contributed by atoms with Crippen molar-refractivity contribution < 1.29 is 0 Å². The number of hydrogen-bond acceptors (Lipinski definition) is 2. The smallest absolute Gasteiger partial charge is 0.224 e. The zero-order valence-corrected chi connectivity index (χ0v) is 9.89. The zero-order valence-electron chi connectivity index (χ0n) is 9.08. The fourth-order valence-corrected chi connectivity index (χ4v) is 1.48. The fraction of sp³-hybridized carbons (Fsp3) is 0.167. The Morgan fingerprint density at radius 3 is 2.62 bits per heavy atom. The van der Waals surface area contributed by atoms with Crippen molar-refractivity contribution in [2.24, 2.45) is 4.99 Å². The van der Waals surface area contributed by atoms with Gasteiger partial charge in [0.25, 0.3) is 0 Å². The second kappa shape index (κ2) is 6.08. The van der Waals surface area contributed by atoms with Crippen molar-refractivity contribution in [2.75, 3.05) is 7.05 Å². The van der Waals surface area contributed by atoms with Gasteiger partial charge >= 0.3 is 0 Å². The first-order valence-electron chi connectivity index (χ1n) is 4.88. The third-order valence-electron chi connectivity index (χ3n) is 2.19. The molecule has 84 valence electrons. The molecule has 2 aromatic rings. The Labute approximate surface area is 101 Å². The van der Waals surface area contributed by atoms with Crippen molar-refractivity contribution in [1.29, 1.82) is 0 Å². The lowest BCUT2D eigenvalue weighted by molar-refractivity contribution is 0.703. The van der Waals surface area contributed by atoms with Gasteiger partial charge in [-0.25, -0.2) is 4.98 Å². The van der Waals surface area contributed by atoms with Crippen molar-refractivity contribution in [2.45, 2.75) is 6.54 Å². The molecular formula is C12H14ClN3. The van der Waals surface area contributed by atoms with Gasteiger partial charge in [-0.15, -0.1) is 12.4 Å². The van der Waals surface area contributed by atoms with Crippen LogP contribution in [0.25, 0.3) is 0 Å². The van der Waals surface area contributed by atoms with Crippen molar-refractivity contribution >= 4 is 12.4 Å². The molecule has 0 saturated heterocycles. The molecule has 3 nitrogen and oxygen atoms in total. The van der Waals surface area contributed by atoms with Gasteiger partial charge in [-0.1, -0.05) is 30.3 Å². The van der Waals surface area contributed by atoms with Crippen molar-refractivity contribution in [3.8, 4) is 0 Å². The highest BCUT2D eigenvalue weighted by Gasteiger charge is 1.94. The van der Waals surface area contributed by atoms with E-state index in [1.165, 1.54) is 5.56 Å². The Bertz CT molecular complexity index is 491. The average molecular weight is 236 g/mol. The lowest BCUT2D eigenvalue weighted by Crippen LogP contribution is -2.23. The third-order valence-corrected chi connectivity index (χ3v) is 2.19. The average Bonchev–Trinajstić information content (AvgIpc) is 2.31. The molecule has 1 aromatic heterocycles. The summed E-state index contributed by atoms with van der Waals surface area (Å²) in [5, 5.41) is 0. The first-order valence-corrected chi connectivity index (χ1v) is 4.88.